The molecule has 1 aliphatic heterocycles. The van der Waals surface area contributed by atoms with E-state index in [1.807, 2.05) is 42.2 Å². The maximum Gasteiger partial charge on any atom is 0.230 e. The zero-order chi connectivity index (χ0) is 19.1. The Kier molecular flexibility index (Phi) is 4.30. The van der Waals surface area contributed by atoms with Crippen LogP contribution in [0.2, 0.25) is 0 Å². The van der Waals surface area contributed by atoms with Gasteiger partial charge in [-0.05, 0) is 50.1 Å². The van der Waals surface area contributed by atoms with Crippen molar-refractivity contribution >= 4 is 28.8 Å². The first kappa shape index (κ1) is 17.5. The number of aromatic nitrogens is 2. The lowest BCUT2D eigenvalue weighted by Crippen LogP contribution is -2.31. The number of pyridine rings is 1. The molecule has 1 amide bonds. The smallest absolute Gasteiger partial charge is 0.230 e. The van der Waals surface area contributed by atoms with Gasteiger partial charge in [-0.25, -0.2) is 0 Å². The van der Waals surface area contributed by atoms with Gasteiger partial charge in [0.25, 0.3) is 0 Å². The van der Waals surface area contributed by atoms with Crippen LogP contribution in [-0.2, 0) is 11.3 Å². The molecule has 5 nitrogen and oxygen atoms in total. The van der Waals surface area contributed by atoms with Crippen molar-refractivity contribution in [3.05, 3.63) is 48.3 Å². The second-order valence-corrected chi connectivity index (χ2v) is 7.27. The van der Waals surface area contributed by atoms with Gasteiger partial charge in [0.1, 0.15) is 5.69 Å². The number of benzene rings is 1. The summed E-state index contributed by atoms with van der Waals surface area (Å²) in [5, 5.41) is 1.00. The van der Waals surface area contributed by atoms with Crippen molar-refractivity contribution < 1.29 is 9.59 Å². The third kappa shape index (κ3) is 2.74. The number of aryl methyl sites for hydroxylation is 1. The molecule has 0 saturated carbocycles. The predicted molar refractivity (Wildman–Crippen MR) is 107 cm³/mol. The molecule has 1 aliphatic rings. The maximum atomic E-state index is 12.4. The van der Waals surface area contributed by atoms with Crippen LogP contribution in [0.25, 0.3) is 22.2 Å². The molecule has 2 unspecified atom stereocenters. The van der Waals surface area contributed by atoms with E-state index >= 15 is 0 Å². The molecule has 138 valence electrons. The number of anilines is 1. The Balaban J connectivity index is 1.77. The van der Waals surface area contributed by atoms with Gasteiger partial charge in [0.05, 0.1) is 5.52 Å². The number of carbonyl (C=O) groups is 2. The summed E-state index contributed by atoms with van der Waals surface area (Å²) >= 11 is 0. The minimum absolute atomic E-state index is 0.0801. The molecule has 0 radical (unpaired) electrons. The second-order valence-electron chi connectivity index (χ2n) is 7.27. The predicted octanol–water partition coefficient (Wildman–Crippen LogP) is 4.30. The molecule has 0 spiro atoms. The van der Waals surface area contributed by atoms with Gasteiger partial charge in [-0.1, -0.05) is 19.1 Å². The van der Waals surface area contributed by atoms with Crippen LogP contribution in [0.4, 0.5) is 5.69 Å². The fourth-order valence-corrected chi connectivity index (χ4v) is 4.24. The summed E-state index contributed by atoms with van der Waals surface area (Å²) in [5.74, 6) is 0.274. The molecule has 0 aliphatic carbocycles. The van der Waals surface area contributed by atoms with Crippen LogP contribution in [0.5, 0.6) is 0 Å². The number of hydrogen-bond donors (Lipinski definition) is 0. The number of nitrogens with zero attached hydrogens (tertiary/aromatic N) is 3. The van der Waals surface area contributed by atoms with Gasteiger partial charge >= 0.3 is 0 Å². The van der Waals surface area contributed by atoms with Crippen LogP contribution >= 0.6 is 0 Å². The van der Waals surface area contributed by atoms with Crippen LogP contribution in [0.15, 0.2) is 42.6 Å². The van der Waals surface area contributed by atoms with Gasteiger partial charge in [0, 0.05) is 41.5 Å². The van der Waals surface area contributed by atoms with Crippen molar-refractivity contribution in [2.24, 2.45) is 5.92 Å². The van der Waals surface area contributed by atoms with Crippen LogP contribution < -0.4 is 4.90 Å². The minimum Gasteiger partial charge on any atom is -0.339 e. The summed E-state index contributed by atoms with van der Waals surface area (Å²) in [4.78, 5) is 29.9. The molecule has 1 saturated heterocycles. The number of carbonyl (C=O) groups excluding carboxylic acids is 2. The van der Waals surface area contributed by atoms with Crippen LogP contribution in [0.1, 0.15) is 37.7 Å². The molecule has 5 heteroatoms. The Labute approximate surface area is 158 Å². The van der Waals surface area contributed by atoms with E-state index in [9.17, 15) is 9.59 Å². The monoisotopic (exact) mass is 361 g/mol. The first-order valence-corrected chi connectivity index (χ1v) is 9.42. The number of rotatable bonds is 4. The molecule has 27 heavy (non-hydrogen) atoms. The lowest BCUT2D eigenvalue weighted by atomic mass is 10.1. The van der Waals surface area contributed by atoms with Crippen LogP contribution in [0.3, 0.4) is 0 Å². The fraction of sp³-hybridized carbons (Fsp3) is 0.318. The summed E-state index contributed by atoms with van der Waals surface area (Å²) in [5.41, 5.74) is 4.37. The number of amides is 1. The quantitative estimate of drug-likeness (QED) is 0.651. The highest BCUT2D eigenvalue weighted by atomic mass is 16.2. The van der Waals surface area contributed by atoms with Crippen molar-refractivity contribution in [3.63, 3.8) is 0 Å². The van der Waals surface area contributed by atoms with E-state index in [2.05, 4.69) is 29.5 Å². The molecule has 2 atom stereocenters. The molecular formula is C22H23N3O2. The first-order valence-electron chi connectivity index (χ1n) is 9.42. The molecule has 4 rings (SSSR count). The lowest BCUT2D eigenvalue weighted by Gasteiger charge is -2.22. The van der Waals surface area contributed by atoms with Gasteiger partial charge in [0.2, 0.25) is 5.91 Å². The normalized spacial score (nSPS) is 19.8. The van der Waals surface area contributed by atoms with Gasteiger partial charge in [-0.2, -0.15) is 0 Å². The Morgan fingerprint density at radius 3 is 2.52 bits per heavy atom. The second kappa shape index (κ2) is 6.65. The van der Waals surface area contributed by atoms with Crippen LogP contribution in [-0.4, -0.2) is 27.8 Å². The molecule has 3 heterocycles. The average molecular weight is 361 g/mol. The third-order valence-corrected chi connectivity index (χ3v) is 5.50. The SMILES string of the molecule is CCn1c(-c2ccc(N3C(=O)C(C)CC3C)cc2)cc2ccnc(C=O)c21. The topological polar surface area (TPSA) is 55.2 Å². The van der Waals surface area contributed by atoms with E-state index in [4.69, 9.17) is 0 Å². The average Bonchev–Trinajstić information content (AvgIpc) is 3.18. The summed E-state index contributed by atoms with van der Waals surface area (Å²) in [7, 11) is 0. The first-order chi connectivity index (χ1) is 13.0. The standard InChI is InChI=1S/C22H23N3O2/c1-4-24-20(12-17-9-10-23-19(13-26)21(17)24)16-5-7-18(8-6-16)25-15(3)11-14(2)22(25)27/h5-10,12-15H,4,11H2,1-3H3. The summed E-state index contributed by atoms with van der Waals surface area (Å²) in [6.45, 7) is 6.89. The van der Waals surface area contributed by atoms with E-state index in [1.54, 1.807) is 6.20 Å². The van der Waals surface area contributed by atoms with Gasteiger partial charge < -0.3 is 9.47 Å². The molecule has 0 N–H and O–H groups in total. The Hall–Kier alpha value is -2.95. The fourth-order valence-electron chi connectivity index (χ4n) is 4.24. The van der Waals surface area contributed by atoms with Crippen molar-refractivity contribution in [3.8, 4) is 11.3 Å². The highest BCUT2D eigenvalue weighted by molar-refractivity contribution is 5.99. The molecule has 1 fully saturated rings. The summed E-state index contributed by atoms with van der Waals surface area (Å²) < 4.78 is 2.12. The summed E-state index contributed by atoms with van der Waals surface area (Å²) in [6, 6.07) is 12.4. The zero-order valence-electron chi connectivity index (χ0n) is 15.8. The van der Waals surface area contributed by atoms with E-state index < -0.39 is 0 Å². The Morgan fingerprint density at radius 2 is 1.93 bits per heavy atom. The summed E-state index contributed by atoms with van der Waals surface area (Å²) in [6.07, 6.45) is 3.37. The molecular weight excluding hydrogens is 338 g/mol. The van der Waals surface area contributed by atoms with E-state index in [-0.39, 0.29) is 17.9 Å². The van der Waals surface area contributed by atoms with Crippen molar-refractivity contribution in [2.45, 2.75) is 39.8 Å². The lowest BCUT2D eigenvalue weighted by molar-refractivity contribution is -0.119. The molecule has 3 aromatic rings. The Bertz CT molecular complexity index is 1020. The number of hydrogen-bond acceptors (Lipinski definition) is 3. The van der Waals surface area contributed by atoms with E-state index in [1.165, 1.54) is 0 Å². The minimum atomic E-state index is 0.0801. The maximum absolute atomic E-state index is 12.4. The van der Waals surface area contributed by atoms with E-state index in [0.717, 1.165) is 47.1 Å². The highest BCUT2D eigenvalue weighted by Crippen LogP contribution is 2.33. The van der Waals surface area contributed by atoms with Gasteiger partial charge in [-0.3, -0.25) is 14.6 Å². The van der Waals surface area contributed by atoms with E-state index in [0.29, 0.717) is 5.69 Å². The molecule has 2 aromatic heterocycles. The van der Waals surface area contributed by atoms with Crippen molar-refractivity contribution in [1.29, 1.82) is 0 Å². The van der Waals surface area contributed by atoms with Crippen molar-refractivity contribution in [1.82, 2.24) is 9.55 Å². The Morgan fingerprint density at radius 1 is 1.19 bits per heavy atom. The number of fused-ring (bicyclic) bond motifs is 1. The van der Waals surface area contributed by atoms with Gasteiger partial charge in [0.15, 0.2) is 6.29 Å². The largest absolute Gasteiger partial charge is 0.339 e. The van der Waals surface area contributed by atoms with Gasteiger partial charge in [-0.15, -0.1) is 0 Å². The van der Waals surface area contributed by atoms with Crippen molar-refractivity contribution in [2.75, 3.05) is 4.90 Å². The van der Waals surface area contributed by atoms with Crippen LogP contribution in [0, 0.1) is 5.92 Å². The molecule has 0 bridgehead atoms. The number of aldehydes is 1. The third-order valence-electron chi connectivity index (χ3n) is 5.50. The zero-order valence-corrected chi connectivity index (χ0v) is 15.8. The molecule has 1 aromatic carbocycles. The highest BCUT2D eigenvalue weighted by Gasteiger charge is 2.34.